The van der Waals surface area contributed by atoms with E-state index in [1.165, 1.54) is 0 Å². The average molecular weight is 317 g/mol. The van der Waals surface area contributed by atoms with E-state index < -0.39 is 5.97 Å². The second-order valence-electron chi connectivity index (χ2n) is 4.13. The Balaban J connectivity index is 2.16. The summed E-state index contributed by atoms with van der Waals surface area (Å²) in [5.74, 6) is -1.04. The van der Waals surface area contributed by atoms with Crippen molar-refractivity contribution in [3.05, 3.63) is 52.6 Å². The number of hydrogen-bond acceptors (Lipinski definition) is 2. The predicted octanol–water partition coefficient (Wildman–Crippen LogP) is 3.69. The van der Waals surface area contributed by atoms with Gasteiger partial charge in [0.25, 0.3) is 0 Å². The Bertz CT molecular complexity index is 780. The lowest BCUT2D eigenvalue weighted by Gasteiger charge is -2.01. The van der Waals surface area contributed by atoms with E-state index in [0.29, 0.717) is 10.2 Å². The Kier molecular flexibility index (Phi) is 2.83. The summed E-state index contributed by atoms with van der Waals surface area (Å²) >= 11 is 3.28. The number of nitrogens with one attached hydrogen (secondary N) is 1. The second kappa shape index (κ2) is 4.51. The van der Waals surface area contributed by atoms with Gasteiger partial charge in [-0.3, -0.25) is 5.10 Å². The normalized spacial score (nSPS) is 10.8. The molecular weight excluding hydrogens is 308 g/mol. The molecule has 0 unspecified atom stereocenters. The first-order chi connectivity index (χ1) is 9.16. The monoisotopic (exact) mass is 316 g/mol. The number of fused-ring (bicyclic) bond motifs is 1. The Hall–Kier alpha value is -2.14. The summed E-state index contributed by atoms with van der Waals surface area (Å²) in [4.78, 5) is 11.0. The van der Waals surface area contributed by atoms with Gasteiger partial charge in [-0.15, -0.1) is 0 Å². The van der Waals surface area contributed by atoms with Crippen LogP contribution in [-0.4, -0.2) is 21.3 Å². The molecule has 0 aliphatic carbocycles. The lowest BCUT2D eigenvalue weighted by molar-refractivity contribution is 0.0689. The number of benzene rings is 2. The molecule has 19 heavy (non-hydrogen) atoms. The molecule has 0 amide bonds. The van der Waals surface area contributed by atoms with Crippen molar-refractivity contribution in [2.24, 2.45) is 0 Å². The van der Waals surface area contributed by atoms with Gasteiger partial charge in [-0.05, 0) is 32.8 Å². The summed E-state index contributed by atoms with van der Waals surface area (Å²) in [6, 6.07) is 13.9. The standard InChI is InChI=1S/C14H9BrN2O2/c15-11-12(16-17-13(11)14(18)19)10-6-5-8-3-1-2-4-9(8)7-10/h1-7H,(H,16,17)(H,18,19). The van der Waals surface area contributed by atoms with Gasteiger partial charge < -0.3 is 5.11 Å². The molecule has 0 bridgehead atoms. The summed E-state index contributed by atoms with van der Waals surface area (Å²) < 4.78 is 0.468. The Morgan fingerprint density at radius 2 is 1.89 bits per heavy atom. The molecule has 4 nitrogen and oxygen atoms in total. The van der Waals surface area contributed by atoms with Crippen molar-refractivity contribution >= 4 is 32.7 Å². The third kappa shape index (κ3) is 2.02. The van der Waals surface area contributed by atoms with Crippen LogP contribution >= 0.6 is 15.9 Å². The number of carboxylic acids is 1. The molecule has 3 rings (SSSR count). The quantitative estimate of drug-likeness (QED) is 0.757. The molecule has 0 aliphatic rings. The molecule has 0 atom stereocenters. The van der Waals surface area contributed by atoms with Crippen molar-refractivity contribution in [1.29, 1.82) is 0 Å². The molecule has 0 saturated heterocycles. The van der Waals surface area contributed by atoms with Gasteiger partial charge >= 0.3 is 5.97 Å². The van der Waals surface area contributed by atoms with E-state index in [-0.39, 0.29) is 5.69 Å². The average Bonchev–Trinajstić information content (AvgIpc) is 2.80. The number of carbonyl (C=O) groups is 1. The zero-order valence-corrected chi connectivity index (χ0v) is 11.3. The summed E-state index contributed by atoms with van der Waals surface area (Å²) in [7, 11) is 0. The van der Waals surface area contributed by atoms with E-state index in [1.807, 2.05) is 42.5 Å². The smallest absolute Gasteiger partial charge is 0.355 e. The number of carboxylic acid groups (broad SMARTS) is 1. The first kappa shape index (κ1) is 11.9. The maximum Gasteiger partial charge on any atom is 0.355 e. The highest BCUT2D eigenvalue weighted by Gasteiger charge is 2.17. The SMILES string of the molecule is O=C(O)c1[nH]nc(-c2ccc3ccccc3c2)c1Br. The molecule has 2 N–H and O–H groups in total. The lowest BCUT2D eigenvalue weighted by atomic mass is 10.1. The number of rotatable bonds is 2. The molecule has 0 aliphatic heterocycles. The number of nitrogens with zero attached hydrogens (tertiary/aromatic N) is 1. The lowest BCUT2D eigenvalue weighted by Crippen LogP contribution is -1.96. The summed E-state index contributed by atoms with van der Waals surface area (Å²) in [5, 5.41) is 17.8. The van der Waals surface area contributed by atoms with Gasteiger partial charge in [0.05, 0.1) is 4.47 Å². The van der Waals surface area contributed by atoms with E-state index >= 15 is 0 Å². The van der Waals surface area contributed by atoms with Crippen LogP contribution in [0.3, 0.4) is 0 Å². The fraction of sp³-hybridized carbons (Fsp3) is 0. The fourth-order valence-corrected chi connectivity index (χ4v) is 2.57. The van der Waals surface area contributed by atoms with Crippen molar-refractivity contribution in [3.63, 3.8) is 0 Å². The van der Waals surface area contributed by atoms with Crippen molar-refractivity contribution in [2.45, 2.75) is 0 Å². The maximum atomic E-state index is 11.0. The van der Waals surface area contributed by atoms with Crippen LogP contribution in [0, 0.1) is 0 Å². The molecule has 0 saturated carbocycles. The highest BCUT2D eigenvalue weighted by atomic mass is 79.9. The highest BCUT2D eigenvalue weighted by molar-refractivity contribution is 9.10. The van der Waals surface area contributed by atoms with Crippen LogP contribution in [0.2, 0.25) is 0 Å². The second-order valence-corrected chi connectivity index (χ2v) is 4.92. The van der Waals surface area contributed by atoms with E-state index in [2.05, 4.69) is 26.1 Å². The number of hydrogen-bond donors (Lipinski definition) is 2. The maximum absolute atomic E-state index is 11.0. The predicted molar refractivity (Wildman–Crippen MR) is 76.2 cm³/mol. The number of aromatic nitrogens is 2. The van der Waals surface area contributed by atoms with Crippen LogP contribution in [0.4, 0.5) is 0 Å². The van der Waals surface area contributed by atoms with E-state index in [9.17, 15) is 4.79 Å². The van der Waals surface area contributed by atoms with Crippen molar-refractivity contribution < 1.29 is 9.90 Å². The molecular formula is C14H9BrN2O2. The topological polar surface area (TPSA) is 66.0 Å². The van der Waals surface area contributed by atoms with Crippen molar-refractivity contribution in [1.82, 2.24) is 10.2 Å². The van der Waals surface area contributed by atoms with Gasteiger partial charge in [-0.25, -0.2) is 4.79 Å². The summed E-state index contributed by atoms with van der Waals surface area (Å²) in [6.45, 7) is 0. The van der Waals surface area contributed by atoms with Gasteiger partial charge in [-0.1, -0.05) is 36.4 Å². The molecule has 94 valence electrons. The largest absolute Gasteiger partial charge is 0.476 e. The molecule has 0 fully saturated rings. The first-order valence-electron chi connectivity index (χ1n) is 5.63. The Morgan fingerprint density at radius 3 is 2.58 bits per heavy atom. The van der Waals surface area contributed by atoms with Crippen molar-refractivity contribution in [3.8, 4) is 11.3 Å². The van der Waals surface area contributed by atoms with Gasteiger partial charge in [0.2, 0.25) is 0 Å². The molecule has 5 heteroatoms. The zero-order chi connectivity index (χ0) is 13.4. The molecule has 3 aromatic rings. The zero-order valence-electron chi connectivity index (χ0n) is 9.72. The number of halogens is 1. The van der Waals surface area contributed by atoms with E-state index in [4.69, 9.17) is 5.11 Å². The van der Waals surface area contributed by atoms with Gasteiger partial charge in [-0.2, -0.15) is 5.10 Å². The molecule has 0 radical (unpaired) electrons. The minimum absolute atomic E-state index is 0.0585. The van der Waals surface area contributed by atoms with Crippen LogP contribution in [0.25, 0.3) is 22.0 Å². The summed E-state index contributed by atoms with van der Waals surface area (Å²) in [6.07, 6.45) is 0. The van der Waals surface area contributed by atoms with Crippen LogP contribution in [-0.2, 0) is 0 Å². The third-order valence-corrected chi connectivity index (χ3v) is 3.72. The summed E-state index contributed by atoms with van der Waals surface area (Å²) in [5.41, 5.74) is 1.53. The third-order valence-electron chi connectivity index (χ3n) is 2.94. The van der Waals surface area contributed by atoms with Gasteiger partial charge in [0.15, 0.2) is 5.69 Å². The van der Waals surface area contributed by atoms with Gasteiger partial charge in [0, 0.05) is 5.56 Å². The van der Waals surface area contributed by atoms with Gasteiger partial charge in [0.1, 0.15) is 5.69 Å². The van der Waals surface area contributed by atoms with Crippen LogP contribution in [0.1, 0.15) is 10.5 Å². The number of aromatic carboxylic acids is 1. The molecule has 2 aromatic carbocycles. The molecule has 1 aromatic heterocycles. The Morgan fingerprint density at radius 1 is 1.16 bits per heavy atom. The minimum atomic E-state index is -1.04. The minimum Gasteiger partial charge on any atom is -0.476 e. The fourth-order valence-electron chi connectivity index (χ4n) is 2.00. The highest BCUT2D eigenvalue weighted by Crippen LogP contribution is 2.30. The van der Waals surface area contributed by atoms with Crippen LogP contribution < -0.4 is 0 Å². The molecule has 1 heterocycles. The molecule has 0 spiro atoms. The van der Waals surface area contributed by atoms with Crippen molar-refractivity contribution in [2.75, 3.05) is 0 Å². The van der Waals surface area contributed by atoms with Crippen LogP contribution in [0.5, 0.6) is 0 Å². The number of aromatic amines is 1. The van der Waals surface area contributed by atoms with E-state index in [1.54, 1.807) is 0 Å². The van der Waals surface area contributed by atoms with Crippen LogP contribution in [0.15, 0.2) is 46.9 Å². The first-order valence-corrected chi connectivity index (χ1v) is 6.42. The number of H-pyrrole nitrogens is 1. The Labute approximate surface area is 117 Å². The van der Waals surface area contributed by atoms with E-state index in [0.717, 1.165) is 16.3 Å².